The number of halogens is 2. The highest BCUT2D eigenvalue weighted by molar-refractivity contribution is 6.33. The molecule has 4 rings (SSSR count). The van der Waals surface area contributed by atoms with E-state index < -0.39 is 17.8 Å². The molecule has 1 fully saturated rings. The second-order valence-corrected chi connectivity index (χ2v) is 8.57. The van der Waals surface area contributed by atoms with Crippen LogP contribution in [0.4, 0.5) is 4.39 Å². The number of pyridine rings is 1. The fraction of sp³-hybridized carbons (Fsp3) is 0.269. The Labute approximate surface area is 208 Å². The molecule has 9 heteroatoms. The molecule has 1 unspecified atom stereocenters. The third-order valence-corrected chi connectivity index (χ3v) is 6.00. The maximum absolute atomic E-state index is 14.5. The molecule has 1 aromatic heterocycles. The van der Waals surface area contributed by atoms with E-state index in [2.05, 4.69) is 4.98 Å². The highest BCUT2D eigenvalue weighted by atomic mass is 35.5. The zero-order valence-corrected chi connectivity index (χ0v) is 20.0. The van der Waals surface area contributed by atoms with Gasteiger partial charge in [-0.15, -0.1) is 0 Å². The average Bonchev–Trinajstić information content (AvgIpc) is 3.02. The number of amides is 2. The van der Waals surface area contributed by atoms with Gasteiger partial charge in [0.1, 0.15) is 18.1 Å². The molecule has 0 aliphatic carbocycles. The fourth-order valence-corrected chi connectivity index (χ4v) is 4.16. The zero-order valence-electron chi connectivity index (χ0n) is 19.2. The molecule has 0 radical (unpaired) electrons. The Morgan fingerprint density at radius 3 is 2.71 bits per heavy atom. The van der Waals surface area contributed by atoms with Crippen molar-refractivity contribution in [1.29, 1.82) is 0 Å². The van der Waals surface area contributed by atoms with Crippen LogP contribution in [0.25, 0.3) is 0 Å². The number of methoxy groups -OCH3 is 1. The fourth-order valence-electron chi connectivity index (χ4n) is 3.92. The summed E-state index contributed by atoms with van der Waals surface area (Å²) in [6.45, 7) is 0.624. The smallest absolute Gasteiger partial charge is 0.258 e. The highest BCUT2D eigenvalue weighted by Crippen LogP contribution is 2.23. The van der Waals surface area contributed by atoms with Gasteiger partial charge >= 0.3 is 0 Å². The minimum absolute atomic E-state index is 0.00844. The normalized spacial score (nSPS) is 16.2. The molecular weight excluding hydrogens is 473 g/mol. The Bertz CT molecular complexity index is 1170. The van der Waals surface area contributed by atoms with Crippen LogP contribution in [0.2, 0.25) is 5.02 Å². The molecule has 2 heterocycles. The summed E-state index contributed by atoms with van der Waals surface area (Å²) in [6.07, 6.45) is 1.13. The molecule has 182 valence electrons. The van der Waals surface area contributed by atoms with E-state index in [-0.39, 0.29) is 49.3 Å². The van der Waals surface area contributed by atoms with Crippen molar-refractivity contribution in [2.45, 2.75) is 19.3 Å². The first kappa shape index (κ1) is 24.6. The van der Waals surface area contributed by atoms with Crippen molar-refractivity contribution in [3.05, 3.63) is 94.5 Å². The Kier molecular flexibility index (Phi) is 7.94. The van der Waals surface area contributed by atoms with Gasteiger partial charge in [-0.05, 0) is 42.0 Å². The lowest BCUT2D eigenvalue weighted by molar-refractivity contribution is -0.132. The number of benzene rings is 2. The SMILES string of the molecule is COc1cccc(COC2CN(Cc3ccccn3)C(=O)CN(C(=O)c3c(F)cccc3Cl)C2)c1. The molecule has 0 saturated carbocycles. The van der Waals surface area contributed by atoms with Crippen LogP contribution in [-0.4, -0.2) is 59.4 Å². The third-order valence-electron chi connectivity index (χ3n) is 5.69. The second-order valence-electron chi connectivity index (χ2n) is 8.16. The van der Waals surface area contributed by atoms with Crippen LogP contribution in [0.1, 0.15) is 21.6 Å². The lowest BCUT2D eigenvalue weighted by atomic mass is 10.1. The summed E-state index contributed by atoms with van der Waals surface area (Å²) in [4.78, 5) is 33.6. The number of hydrogen-bond donors (Lipinski definition) is 0. The molecule has 2 aromatic carbocycles. The van der Waals surface area contributed by atoms with Crippen LogP contribution in [0.5, 0.6) is 5.75 Å². The Hall–Kier alpha value is -3.49. The van der Waals surface area contributed by atoms with Crippen molar-refractivity contribution >= 4 is 23.4 Å². The second kappa shape index (κ2) is 11.3. The quantitative estimate of drug-likeness (QED) is 0.494. The molecule has 1 aliphatic rings. The van der Waals surface area contributed by atoms with Gasteiger partial charge in [0.05, 0.1) is 42.6 Å². The Morgan fingerprint density at radius 2 is 1.97 bits per heavy atom. The maximum atomic E-state index is 14.5. The van der Waals surface area contributed by atoms with Gasteiger partial charge in [0.15, 0.2) is 0 Å². The largest absolute Gasteiger partial charge is 0.497 e. The topological polar surface area (TPSA) is 72.0 Å². The van der Waals surface area contributed by atoms with E-state index in [0.29, 0.717) is 11.4 Å². The van der Waals surface area contributed by atoms with Crippen LogP contribution >= 0.6 is 11.6 Å². The van der Waals surface area contributed by atoms with Gasteiger partial charge in [0.2, 0.25) is 5.91 Å². The van der Waals surface area contributed by atoms with Crippen LogP contribution < -0.4 is 4.74 Å². The summed E-state index contributed by atoms with van der Waals surface area (Å²) in [6, 6.07) is 17.0. The highest BCUT2D eigenvalue weighted by Gasteiger charge is 2.33. The third kappa shape index (κ3) is 6.15. The van der Waals surface area contributed by atoms with Crippen LogP contribution in [-0.2, 0) is 22.7 Å². The van der Waals surface area contributed by atoms with Gasteiger partial charge in [0.25, 0.3) is 5.91 Å². The number of aromatic nitrogens is 1. The molecule has 1 aliphatic heterocycles. The van der Waals surface area contributed by atoms with E-state index >= 15 is 0 Å². The summed E-state index contributed by atoms with van der Waals surface area (Å²) < 4.78 is 25.9. The minimum atomic E-state index is -0.738. The number of nitrogens with zero attached hydrogens (tertiary/aromatic N) is 3. The first-order chi connectivity index (χ1) is 16.9. The number of carbonyl (C=O) groups is 2. The van der Waals surface area contributed by atoms with Crippen molar-refractivity contribution in [2.24, 2.45) is 0 Å². The molecule has 1 saturated heterocycles. The summed E-state index contributed by atoms with van der Waals surface area (Å²) in [5, 5.41) is -0.00844. The van der Waals surface area contributed by atoms with Gasteiger partial charge in [-0.2, -0.15) is 0 Å². The predicted octanol–water partition coefficient (Wildman–Crippen LogP) is 3.95. The van der Waals surface area contributed by atoms with Crippen molar-refractivity contribution in [1.82, 2.24) is 14.8 Å². The van der Waals surface area contributed by atoms with Gasteiger partial charge in [-0.25, -0.2) is 4.39 Å². The molecule has 0 N–H and O–H groups in total. The number of hydrogen-bond acceptors (Lipinski definition) is 5. The number of carbonyl (C=O) groups excluding carboxylic acids is 2. The minimum Gasteiger partial charge on any atom is -0.497 e. The Balaban J connectivity index is 1.57. The van der Waals surface area contributed by atoms with Gasteiger partial charge in [-0.1, -0.05) is 35.9 Å². The van der Waals surface area contributed by atoms with Gasteiger partial charge in [0, 0.05) is 19.3 Å². The first-order valence-electron chi connectivity index (χ1n) is 11.1. The average molecular weight is 498 g/mol. The summed E-state index contributed by atoms with van der Waals surface area (Å²) in [7, 11) is 1.59. The molecule has 7 nitrogen and oxygen atoms in total. The van der Waals surface area contributed by atoms with Crippen molar-refractivity contribution in [2.75, 3.05) is 26.7 Å². The van der Waals surface area contributed by atoms with Crippen molar-refractivity contribution < 1.29 is 23.5 Å². The first-order valence-corrected chi connectivity index (χ1v) is 11.5. The van der Waals surface area contributed by atoms with Crippen molar-refractivity contribution in [3.8, 4) is 5.75 Å². The predicted molar refractivity (Wildman–Crippen MR) is 129 cm³/mol. The van der Waals surface area contributed by atoms with E-state index in [9.17, 15) is 14.0 Å². The van der Waals surface area contributed by atoms with Crippen LogP contribution in [0.15, 0.2) is 66.9 Å². The van der Waals surface area contributed by atoms with E-state index in [0.717, 1.165) is 5.56 Å². The molecule has 1 atom stereocenters. The van der Waals surface area contributed by atoms with E-state index in [1.165, 1.54) is 23.1 Å². The van der Waals surface area contributed by atoms with E-state index in [1.54, 1.807) is 24.3 Å². The molecule has 0 bridgehead atoms. The van der Waals surface area contributed by atoms with E-state index in [1.807, 2.05) is 36.4 Å². The number of rotatable bonds is 7. The lowest BCUT2D eigenvalue weighted by Crippen LogP contribution is -2.40. The van der Waals surface area contributed by atoms with E-state index in [4.69, 9.17) is 21.1 Å². The molecule has 0 spiro atoms. The summed E-state index contributed by atoms with van der Waals surface area (Å²) in [5.41, 5.74) is 1.34. The maximum Gasteiger partial charge on any atom is 0.258 e. The lowest BCUT2D eigenvalue weighted by Gasteiger charge is -2.25. The van der Waals surface area contributed by atoms with Crippen LogP contribution in [0.3, 0.4) is 0 Å². The standard InChI is InChI=1S/C26H25ClFN3O4/c1-34-20-8-4-6-18(12-20)17-35-21-14-30(13-19-7-2-3-11-29-19)24(32)16-31(15-21)26(33)25-22(27)9-5-10-23(25)28/h2-12,21H,13-17H2,1H3. The molecule has 3 aromatic rings. The summed E-state index contributed by atoms with van der Waals surface area (Å²) >= 11 is 6.13. The molecule has 35 heavy (non-hydrogen) atoms. The van der Waals surface area contributed by atoms with Gasteiger partial charge < -0.3 is 19.3 Å². The van der Waals surface area contributed by atoms with Crippen molar-refractivity contribution in [3.63, 3.8) is 0 Å². The zero-order chi connectivity index (χ0) is 24.8. The summed E-state index contributed by atoms with van der Waals surface area (Å²) in [5.74, 6) is -0.983. The number of ether oxygens (including phenoxy) is 2. The monoisotopic (exact) mass is 497 g/mol. The Morgan fingerprint density at radius 1 is 1.14 bits per heavy atom. The molecular formula is C26H25ClFN3O4. The molecule has 2 amide bonds. The van der Waals surface area contributed by atoms with Gasteiger partial charge in [-0.3, -0.25) is 14.6 Å². The van der Waals surface area contributed by atoms with Crippen LogP contribution in [0, 0.1) is 5.82 Å².